The van der Waals surface area contributed by atoms with Crippen LogP contribution in [0.3, 0.4) is 0 Å². The van der Waals surface area contributed by atoms with E-state index in [4.69, 9.17) is 11.6 Å². The smallest absolute Gasteiger partial charge is 0.138 e. The van der Waals surface area contributed by atoms with Gasteiger partial charge >= 0.3 is 0 Å². The number of benzene rings is 1. The van der Waals surface area contributed by atoms with Gasteiger partial charge in [0.05, 0.1) is 17.1 Å². The van der Waals surface area contributed by atoms with Gasteiger partial charge in [0.1, 0.15) is 5.75 Å². The normalized spacial score (nSPS) is 14.1. The summed E-state index contributed by atoms with van der Waals surface area (Å²) in [6.07, 6.45) is 1.54. The van der Waals surface area contributed by atoms with Crippen molar-refractivity contribution in [2.45, 2.75) is 26.8 Å². The summed E-state index contributed by atoms with van der Waals surface area (Å²) in [6, 6.07) is 3.01. The van der Waals surface area contributed by atoms with Crippen molar-refractivity contribution in [3.05, 3.63) is 27.2 Å². The van der Waals surface area contributed by atoms with Crippen LogP contribution in [0.4, 0.5) is 0 Å². The van der Waals surface area contributed by atoms with Gasteiger partial charge < -0.3 is 10.2 Å². The second kappa shape index (κ2) is 6.04. The summed E-state index contributed by atoms with van der Waals surface area (Å²) in [4.78, 5) is 4.31. The zero-order chi connectivity index (χ0) is 13.9. The molecule has 100 valence electrons. The molecule has 1 aromatic rings. The maximum absolute atomic E-state index is 9.85. The average molecular weight is 335 g/mol. The highest BCUT2D eigenvalue weighted by molar-refractivity contribution is 9.10. The van der Waals surface area contributed by atoms with Gasteiger partial charge in [-0.1, -0.05) is 32.4 Å². The lowest BCUT2D eigenvalue weighted by molar-refractivity contribution is 0.191. The van der Waals surface area contributed by atoms with Gasteiger partial charge in [-0.2, -0.15) is 0 Å². The molecule has 0 fully saturated rings. The van der Waals surface area contributed by atoms with E-state index < -0.39 is 0 Å². The Labute approximate surface area is 121 Å². The molecule has 18 heavy (non-hydrogen) atoms. The van der Waals surface area contributed by atoms with Gasteiger partial charge in [0.2, 0.25) is 0 Å². The first-order chi connectivity index (χ1) is 8.25. The number of phenols is 1. The summed E-state index contributed by atoms with van der Waals surface area (Å²) < 4.78 is 0.521. The van der Waals surface area contributed by atoms with E-state index in [1.165, 1.54) is 6.21 Å². The van der Waals surface area contributed by atoms with E-state index in [0.29, 0.717) is 15.1 Å². The van der Waals surface area contributed by atoms with E-state index in [-0.39, 0.29) is 23.8 Å². The van der Waals surface area contributed by atoms with Crippen LogP contribution < -0.4 is 0 Å². The van der Waals surface area contributed by atoms with Gasteiger partial charge in [-0.3, -0.25) is 4.99 Å². The number of aliphatic hydroxyl groups excluding tert-OH is 1. The van der Waals surface area contributed by atoms with Crippen molar-refractivity contribution in [3.8, 4) is 5.75 Å². The molecule has 0 spiro atoms. The maximum atomic E-state index is 9.85. The van der Waals surface area contributed by atoms with Crippen molar-refractivity contribution in [1.82, 2.24) is 0 Å². The van der Waals surface area contributed by atoms with Gasteiger partial charge in [0, 0.05) is 16.8 Å². The van der Waals surface area contributed by atoms with E-state index in [2.05, 4.69) is 20.9 Å². The second-order valence-electron chi connectivity index (χ2n) is 5.17. The molecule has 0 saturated heterocycles. The van der Waals surface area contributed by atoms with Crippen molar-refractivity contribution in [2.24, 2.45) is 10.4 Å². The predicted molar refractivity (Wildman–Crippen MR) is 78.7 cm³/mol. The van der Waals surface area contributed by atoms with Crippen molar-refractivity contribution in [2.75, 3.05) is 6.61 Å². The highest BCUT2D eigenvalue weighted by atomic mass is 79.9. The van der Waals surface area contributed by atoms with Gasteiger partial charge in [0.15, 0.2) is 0 Å². The average Bonchev–Trinajstić information content (AvgIpc) is 2.23. The first-order valence-corrected chi connectivity index (χ1v) is 6.75. The number of aliphatic imine (C=N–C) groups is 1. The molecule has 0 unspecified atom stereocenters. The Balaban J connectivity index is 3.04. The second-order valence-corrected chi connectivity index (χ2v) is 6.46. The van der Waals surface area contributed by atoms with Crippen molar-refractivity contribution in [3.63, 3.8) is 0 Å². The summed E-state index contributed by atoms with van der Waals surface area (Å²) in [7, 11) is 0. The molecule has 0 aromatic heterocycles. The third-order valence-electron chi connectivity index (χ3n) is 2.62. The molecule has 1 rings (SSSR count). The summed E-state index contributed by atoms with van der Waals surface area (Å²) in [6.45, 7) is 5.96. The molecule has 0 heterocycles. The minimum absolute atomic E-state index is 0.0392. The number of hydrogen-bond acceptors (Lipinski definition) is 3. The lowest BCUT2D eigenvalue weighted by atomic mass is 9.88. The van der Waals surface area contributed by atoms with Gasteiger partial charge in [-0.25, -0.2) is 0 Å². The molecule has 1 aromatic carbocycles. The van der Waals surface area contributed by atoms with Gasteiger partial charge in [-0.05, 0) is 33.5 Å². The molecule has 0 saturated carbocycles. The van der Waals surface area contributed by atoms with Crippen LogP contribution in [0.15, 0.2) is 21.6 Å². The quantitative estimate of drug-likeness (QED) is 0.829. The van der Waals surface area contributed by atoms with Crippen LogP contribution in [-0.2, 0) is 0 Å². The third kappa shape index (κ3) is 3.97. The number of halogens is 2. The van der Waals surface area contributed by atoms with Crippen molar-refractivity contribution >= 4 is 33.7 Å². The Bertz CT molecular complexity index is 455. The van der Waals surface area contributed by atoms with E-state index in [1.807, 2.05) is 20.8 Å². The molecule has 0 aliphatic heterocycles. The third-order valence-corrected chi connectivity index (χ3v) is 3.45. The molecule has 0 radical (unpaired) electrons. The summed E-state index contributed by atoms with van der Waals surface area (Å²) in [5.74, 6) is 0.0914. The summed E-state index contributed by atoms with van der Waals surface area (Å²) in [5.41, 5.74) is 0.383. The minimum atomic E-state index is -0.227. The van der Waals surface area contributed by atoms with E-state index in [1.54, 1.807) is 12.1 Å². The first kappa shape index (κ1) is 15.5. The Morgan fingerprint density at radius 1 is 1.44 bits per heavy atom. The zero-order valence-corrected chi connectivity index (χ0v) is 13.0. The number of nitrogens with zero attached hydrogens (tertiary/aromatic N) is 1. The molecule has 1 atom stereocenters. The number of aromatic hydroxyl groups is 1. The van der Waals surface area contributed by atoms with Gasteiger partial charge in [-0.15, -0.1) is 0 Å². The standard InChI is InChI=1S/C13H17BrClNO2/c1-13(2,3)11(7-17)16-6-8-4-9(15)5-10(14)12(8)18/h4-6,11,17-18H,7H2,1-3H3/t11-/m0/s1. The number of hydrogen-bond donors (Lipinski definition) is 2. The zero-order valence-electron chi connectivity index (χ0n) is 10.6. The van der Waals surface area contributed by atoms with E-state index in [0.717, 1.165) is 0 Å². The molecule has 0 aliphatic carbocycles. The van der Waals surface area contributed by atoms with Crippen LogP contribution in [0.5, 0.6) is 5.75 Å². The number of phenolic OH excluding ortho intramolecular Hbond substituents is 1. The number of aliphatic hydroxyl groups is 1. The topological polar surface area (TPSA) is 52.8 Å². The fourth-order valence-corrected chi connectivity index (χ4v) is 2.23. The van der Waals surface area contributed by atoms with Gasteiger partial charge in [0.25, 0.3) is 0 Å². The predicted octanol–water partition coefficient (Wildman–Crippen LogP) is 3.63. The van der Waals surface area contributed by atoms with Crippen LogP contribution in [0.25, 0.3) is 0 Å². The summed E-state index contributed by atoms with van der Waals surface area (Å²) in [5, 5.41) is 19.7. The molecular weight excluding hydrogens is 318 g/mol. The molecule has 2 N–H and O–H groups in total. The Morgan fingerprint density at radius 3 is 2.56 bits per heavy atom. The van der Waals surface area contributed by atoms with Crippen LogP contribution >= 0.6 is 27.5 Å². The fourth-order valence-electron chi connectivity index (χ4n) is 1.40. The molecule has 0 aliphatic rings. The Kier molecular flexibility index (Phi) is 5.20. The van der Waals surface area contributed by atoms with Crippen molar-refractivity contribution in [1.29, 1.82) is 0 Å². The Morgan fingerprint density at radius 2 is 2.06 bits per heavy atom. The maximum Gasteiger partial charge on any atom is 0.138 e. The van der Waals surface area contributed by atoms with Crippen molar-refractivity contribution < 1.29 is 10.2 Å². The fraction of sp³-hybridized carbons (Fsp3) is 0.462. The Hall–Kier alpha value is -0.580. The SMILES string of the molecule is CC(C)(C)[C@H](CO)N=Cc1cc(Cl)cc(Br)c1O. The number of rotatable bonds is 3. The first-order valence-electron chi connectivity index (χ1n) is 5.57. The van der Waals surface area contributed by atoms with Crippen LogP contribution in [0.2, 0.25) is 5.02 Å². The molecule has 5 heteroatoms. The van der Waals surface area contributed by atoms with E-state index in [9.17, 15) is 10.2 Å². The summed E-state index contributed by atoms with van der Waals surface area (Å²) >= 11 is 9.12. The highest BCUT2D eigenvalue weighted by Crippen LogP contribution is 2.31. The lowest BCUT2D eigenvalue weighted by Gasteiger charge is -2.25. The molecule has 0 amide bonds. The molecule has 0 bridgehead atoms. The lowest BCUT2D eigenvalue weighted by Crippen LogP contribution is -2.28. The molecule has 3 nitrogen and oxygen atoms in total. The molecular formula is C13H17BrClNO2. The van der Waals surface area contributed by atoms with Crippen LogP contribution in [0.1, 0.15) is 26.3 Å². The van der Waals surface area contributed by atoms with Crippen LogP contribution in [-0.4, -0.2) is 29.1 Å². The highest BCUT2D eigenvalue weighted by Gasteiger charge is 2.22. The monoisotopic (exact) mass is 333 g/mol. The minimum Gasteiger partial charge on any atom is -0.506 e. The van der Waals surface area contributed by atoms with Crippen LogP contribution in [0, 0.1) is 5.41 Å². The largest absolute Gasteiger partial charge is 0.506 e. The van der Waals surface area contributed by atoms with E-state index >= 15 is 0 Å².